The number of methoxy groups -OCH3 is 1. The molecule has 2 aromatic rings. The third-order valence-corrected chi connectivity index (χ3v) is 4.65. The lowest BCUT2D eigenvalue weighted by Gasteiger charge is -2.30. The third kappa shape index (κ3) is 5.02. The monoisotopic (exact) mass is 372 g/mol. The molecule has 1 fully saturated rings. The largest absolute Gasteiger partial charge is 0.458 e. The molecule has 0 N–H and O–H groups in total. The summed E-state index contributed by atoms with van der Waals surface area (Å²) in [6, 6.07) is 10.7. The van der Waals surface area contributed by atoms with Crippen LogP contribution in [0.4, 0.5) is 0 Å². The van der Waals surface area contributed by atoms with Crippen molar-refractivity contribution in [3.63, 3.8) is 0 Å². The fourth-order valence-corrected chi connectivity index (χ4v) is 3.27. The van der Waals surface area contributed by atoms with Gasteiger partial charge in [-0.2, -0.15) is 5.10 Å². The minimum atomic E-state index is -0.506. The number of benzene rings is 1. The van der Waals surface area contributed by atoms with Gasteiger partial charge in [-0.25, -0.2) is 9.48 Å². The smallest absolute Gasteiger partial charge is 0.338 e. The Morgan fingerprint density at radius 3 is 2.81 bits per heavy atom. The Labute approximate surface area is 158 Å². The Morgan fingerprint density at radius 2 is 2.04 bits per heavy atom. The first kappa shape index (κ1) is 19.3. The van der Waals surface area contributed by atoms with Crippen molar-refractivity contribution in [3.8, 4) is 0 Å². The Bertz CT molecular complexity index is 759. The molecule has 1 aliphatic carbocycles. The quantitative estimate of drug-likeness (QED) is 0.523. The first-order valence-electron chi connectivity index (χ1n) is 9.05. The zero-order valence-electron chi connectivity index (χ0n) is 15.4. The SMILES string of the molecule is COCCOCn1nccc1C1CCC(=O)CC1OC(=O)c1ccccc1. The van der Waals surface area contributed by atoms with Gasteiger partial charge >= 0.3 is 5.97 Å². The minimum Gasteiger partial charge on any atom is -0.458 e. The van der Waals surface area contributed by atoms with Gasteiger partial charge in [0.15, 0.2) is 0 Å². The standard InChI is InChI=1S/C20H24N2O5/c1-25-11-12-26-14-22-18(9-10-21-22)17-8-7-16(23)13-19(17)27-20(24)15-5-3-2-4-6-15/h2-6,9-10,17,19H,7-8,11-14H2,1H3. The molecule has 7 nitrogen and oxygen atoms in total. The number of ketones is 1. The molecule has 1 saturated carbocycles. The molecule has 0 aliphatic heterocycles. The van der Waals surface area contributed by atoms with Crippen LogP contribution >= 0.6 is 0 Å². The van der Waals surface area contributed by atoms with Crippen molar-refractivity contribution in [2.24, 2.45) is 0 Å². The number of nitrogens with zero attached hydrogens (tertiary/aromatic N) is 2. The van der Waals surface area contributed by atoms with Crippen LogP contribution in [-0.2, 0) is 25.7 Å². The van der Waals surface area contributed by atoms with E-state index in [0.29, 0.717) is 31.6 Å². The summed E-state index contributed by atoms with van der Waals surface area (Å²) in [5, 5.41) is 4.31. The number of carbonyl (C=O) groups excluding carboxylic acids is 2. The van der Waals surface area contributed by atoms with Crippen molar-refractivity contribution in [1.29, 1.82) is 0 Å². The van der Waals surface area contributed by atoms with E-state index in [1.807, 2.05) is 12.1 Å². The van der Waals surface area contributed by atoms with E-state index < -0.39 is 12.1 Å². The molecule has 2 unspecified atom stereocenters. The molecule has 1 aliphatic rings. The maximum atomic E-state index is 12.5. The van der Waals surface area contributed by atoms with E-state index in [1.165, 1.54) is 0 Å². The molecule has 1 aromatic heterocycles. The zero-order chi connectivity index (χ0) is 19.1. The number of carbonyl (C=O) groups is 2. The van der Waals surface area contributed by atoms with Gasteiger partial charge < -0.3 is 14.2 Å². The molecule has 0 spiro atoms. The Hall–Kier alpha value is -2.51. The lowest BCUT2D eigenvalue weighted by Crippen LogP contribution is -2.34. The van der Waals surface area contributed by atoms with Crippen molar-refractivity contribution in [3.05, 3.63) is 53.9 Å². The lowest BCUT2D eigenvalue weighted by molar-refractivity contribution is -0.123. The molecule has 144 valence electrons. The maximum Gasteiger partial charge on any atom is 0.338 e. The van der Waals surface area contributed by atoms with Gasteiger partial charge in [0, 0.05) is 37.8 Å². The highest BCUT2D eigenvalue weighted by Crippen LogP contribution is 2.34. The molecule has 1 aromatic carbocycles. The van der Waals surface area contributed by atoms with Gasteiger partial charge in [0.25, 0.3) is 0 Å². The number of ether oxygens (including phenoxy) is 3. The van der Waals surface area contributed by atoms with Gasteiger partial charge in [-0.15, -0.1) is 0 Å². The van der Waals surface area contributed by atoms with Crippen LogP contribution in [0, 0.1) is 0 Å². The highest BCUT2D eigenvalue weighted by molar-refractivity contribution is 5.90. The molecule has 1 heterocycles. The summed E-state index contributed by atoms with van der Waals surface area (Å²) in [5.74, 6) is -0.397. The molecular weight excluding hydrogens is 348 g/mol. The van der Waals surface area contributed by atoms with Crippen LogP contribution in [0.25, 0.3) is 0 Å². The molecule has 0 saturated heterocycles. The van der Waals surface area contributed by atoms with Crippen molar-refractivity contribution in [2.75, 3.05) is 20.3 Å². The topological polar surface area (TPSA) is 79.7 Å². The van der Waals surface area contributed by atoms with Gasteiger partial charge in [0.2, 0.25) is 0 Å². The fraction of sp³-hybridized carbons (Fsp3) is 0.450. The van der Waals surface area contributed by atoms with Gasteiger partial charge in [-0.3, -0.25) is 4.79 Å². The van der Waals surface area contributed by atoms with E-state index in [-0.39, 0.29) is 24.9 Å². The van der Waals surface area contributed by atoms with Crippen molar-refractivity contribution < 1.29 is 23.8 Å². The van der Waals surface area contributed by atoms with Gasteiger partial charge in [-0.05, 0) is 24.6 Å². The van der Waals surface area contributed by atoms with Crippen LogP contribution in [0.1, 0.15) is 41.2 Å². The summed E-state index contributed by atoms with van der Waals surface area (Å²) in [4.78, 5) is 24.5. The number of aromatic nitrogens is 2. The van der Waals surface area contributed by atoms with Crippen LogP contribution in [0.3, 0.4) is 0 Å². The second-order valence-corrected chi connectivity index (χ2v) is 6.48. The van der Waals surface area contributed by atoms with E-state index in [2.05, 4.69) is 5.10 Å². The third-order valence-electron chi connectivity index (χ3n) is 4.65. The molecule has 3 rings (SSSR count). The van der Waals surface area contributed by atoms with Crippen molar-refractivity contribution >= 4 is 11.8 Å². The molecular formula is C20H24N2O5. The molecule has 2 atom stereocenters. The number of hydrogen-bond acceptors (Lipinski definition) is 6. The fourth-order valence-electron chi connectivity index (χ4n) is 3.27. The molecule has 0 bridgehead atoms. The number of Topliss-reactive ketones (excluding diaryl/α,β-unsaturated/α-hetero) is 1. The average Bonchev–Trinajstić information content (AvgIpc) is 3.14. The molecule has 27 heavy (non-hydrogen) atoms. The summed E-state index contributed by atoms with van der Waals surface area (Å²) in [5.41, 5.74) is 1.39. The Balaban J connectivity index is 1.72. The summed E-state index contributed by atoms with van der Waals surface area (Å²) < 4.78 is 18.0. The normalized spacial score (nSPS) is 19.8. The minimum absolute atomic E-state index is 0.0936. The van der Waals surface area contributed by atoms with Crippen LogP contribution in [-0.4, -0.2) is 48.0 Å². The predicted octanol–water partition coefficient (Wildman–Crippen LogP) is 2.57. The zero-order valence-corrected chi connectivity index (χ0v) is 15.4. The molecule has 0 amide bonds. The van der Waals surface area contributed by atoms with Crippen LogP contribution in [0.15, 0.2) is 42.6 Å². The number of hydrogen-bond donors (Lipinski definition) is 0. The van der Waals surface area contributed by atoms with E-state index >= 15 is 0 Å². The van der Waals surface area contributed by atoms with E-state index in [1.54, 1.807) is 42.3 Å². The summed E-state index contributed by atoms with van der Waals surface area (Å²) in [6.07, 6.45) is 2.50. The van der Waals surface area contributed by atoms with Gasteiger partial charge in [0.05, 0.1) is 18.8 Å². The molecule has 7 heteroatoms. The second kappa shape index (κ2) is 9.43. The first-order chi connectivity index (χ1) is 13.2. The summed E-state index contributed by atoms with van der Waals surface area (Å²) in [7, 11) is 1.62. The average molecular weight is 372 g/mol. The maximum absolute atomic E-state index is 12.5. The van der Waals surface area contributed by atoms with E-state index in [0.717, 1.165) is 5.69 Å². The second-order valence-electron chi connectivity index (χ2n) is 6.48. The predicted molar refractivity (Wildman–Crippen MR) is 97.3 cm³/mol. The first-order valence-corrected chi connectivity index (χ1v) is 9.05. The highest BCUT2D eigenvalue weighted by atomic mass is 16.5. The highest BCUT2D eigenvalue weighted by Gasteiger charge is 2.35. The van der Waals surface area contributed by atoms with Crippen LogP contribution in [0.5, 0.6) is 0 Å². The van der Waals surface area contributed by atoms with Crippen molar-refractivity contribution in [1.82, 2.24) is 9.78 Å². The molecule has 0 radical (unpaired) electrons. The van der Waals surface area contributed by atoms with Crippen LogP contribution < -0.4 is 0 Å². The summed E-state index contributed by atoms with van der Waals surface area (Å²) >= 11 is 0. The summed E-state index contributed by atoms with van der Waals surface area (Å²) in [6.45, 7) is 1.26. The van der Waals surface area contributed by atoms with Crippen LogP contribution in [0.2, 0.25) is 0 Å². The Morgan fingerprint density at radius 1 is 1.22 bits per heavy atom. The number of rotatable bonds is 8. The Kier molecular flexibility index (Phi) is 6.73. The van der Waals surface area contributed by atoms with E-state index in [4.69, 9.17) is 14.2 Å². The van der Waals surface area contributed by atoms with E-state index in [9.17, 15) is 9.59 Å². The van der Waals surface area contributed by atoms with Crippen molar-refractivity contribution in [2.45, 2.75) is 38.0 Å². The lowest BCUT2D eigenvalue weighted by atomic mass is 9.83. The number of esters is 1. The van der Waals surface area contributed by atoms with Gasteiger partial charge in [-0.1, -0.05) is 18.2 Å². The van der Waals surface area contributed by atoms with Gasteiger partial charge in [0.1, 0.15) is 18.6 Å².